The molecule has 16 heavy (non-hydrogen) atoms. The van der Waals surface area contributed by atoms with Crippen molar-refractivity contribution < 1.29 is 4.74 Å². The van der Waals surface area contributed by atoms with Crippen LogP contribution in [-0.2, 0) is 4.74 Å². The van der Waals surface area contributed by atoms with Crippen molar-refractivity contribution in [1.29, 1.82) is 0 Å². The number of methoxy groups -OCH3 is 1. The molecule has 1 aliphatic carbocycles. The van der Waals surface area contributed by atoms with Crippen molar-refractivity contribution in [2.75, 3.05) is 33.3 Å². The fraction of sp³-hybridized carbons (Fsp3) is 1.00. The highest BCUT2D eigenvalue weighted by molar-refractivity contribution is 4.90. The van der Waals surface area contributed by atoms with E-state index in [-0.39, 0.29) is 0 Å². The first kappa shape index (κ1) is 12.3. The fourth-order valence-electron chi connectivity index (χ4n) is 3.28. The molecule has 1 saturated heterocycles. The van der Waals surface area contributed by atoms with Gasteiger partial charge in [-0.15, -0.1) is 0 Å². The molecule has 2 aliphatic rings. The Kier molecular flexibility index (Phi) is 4.62. The molecule has 0 aromatic rings. The first-order valence-electron chi connectivity index (χ1n) is 6.82. The van der Waals surface area contributed by atoms with Crippen molar-refractivity contribution in [3.8, 4) is 0 Å². The summed E-state index contributed by atoms with van der Waals surface area (Å²) in [6, 6.07) is 0.705. The molecule has 3 nitrogen and oxygen atoms in total. The number of nitrogens with one attached hydrogen (secondary N) is 1. The second-order valence-electron chi connectivity index (χ2n) is 5.23. The van der Waals surface area contributed by atoms with Gasteiger partial charge >= 0.3 is 0 Å². The minimum Gasteiger partial charge on any atom is -0.380 e. The summed E-state index contributed by atoms with van der Waals surface area (Å²) >= 11 is 0. The van der Waals surface area contributed by atoms with E-state index in [2.05, 4.69) is 17.1 Å². The third-order valence-electron chi connectivity index (χ3n) is 4.19. The number of ether oxygens (including phenoxy) is 1. The van der Waals surface area contributed by atoms with Crippen LogP contribution in [0.4, 0.5) is 0 Å². The quantitative estimate of drug-likeness (QED) is 0.768. The maximum absolute atomic E-state index is 5.60. The van der Waals surface area contributed by atoms with Crippen LogP contribution in [0.1, 0.15) is 32.6 Å². The van der Waals surface area contributed by atoms with Gasteiger partial charge in [-0.05, 0) is 51.2 Å². The van der Waals surface area contributed by atoms with Gasteiger partial charge in [-0.1, -0.05) is 6.92 Å². The average molecular weight is 226 g/mol. The molecule has 0 aromatic carbocycles. The minimum absolute atomic E-state index is 0.498. The summed E-state index contributed by atoms with van der Waals surface area (Å²) < 4.78 is 5.60. The van der Waals surface area contributed by atoms with Crippen LogP contribution in [0.15, 0.2) is 0 Å². The molecule has 0 radical (unpaired) electrons. The van der Waals surface area contributed by atoms with Crippen LogP contribution in [0.5, 0.6) is 0 Å². The molecule has 3 heteroatoms. The van der Waals surface area contributed by atoms with Crippen molar-refractivity contribution in [2.24, 2.45) is 5.92 Å². The van der Waals surface area contributed by atoms with E-state index in [9.17, 15) is 0 Å². The molecule has 0 aromatic heterocycles. The van der Waals surface area contributed by atoms with E-state index in [1.807, 2.05) is 7.11 Å². The molecule has 2 rings (SSSR count). The molecule has 1 aliphatic heterocycles. The number of nitrogens with zero attached hydrogens (tertiary/aromatic N) is 1. The predicted octanol–water partition coefficient (Wildman–Crippen LogP) is 1.49. The summed E-state index contributed by atoms with van der Waals surface area (Å²) in [5.74, 6) is 0.859. The SMILES string of the molecule is CCNCC1CCN(C2CCCC2OC)C1. The molecule has 3 atom stereocenters. The van der Waals surface area contributed by atoms with Gasteiger partial charge < -0.3 is 10.1 Å². The van der Waals surface area contributed by atoms with Crippen molar-refractivity contribution >= 4 is 0 Å². The van der Waals surface area contributed by atoms with E-state index in [1.165, 1.54) is 45.3 Å². The van der Waals surface area contributed by atoms with E-state index in [0.29, 0.717) is 12.1 Å². The zero-order valence-corrected chi connectivity index (χ0v) is 10.7. The molecule has 2 fully saturated rings. The molecule has 1 heterocycles. The van der Waals surface area contributed by atoms with Crippen LogP contribution in [-0.4, -0.2) is 50.3 Å². The summed E-state index contributed by atoms with van der Waals surface area (Å²) in [7, 11) is 1.87. The van der Waals surface area contributed by atoms with Gasteiger partial charge in [0.2, 0.25) is 0 Å². The summed E-state index contributed by atoms with van der Waals surface area (Å²) in [5.41, 5.74) is 0. The minimum atomic E-state index is 0.498. The third kappa shape index (κ3) is 2.76. The number of hydrogen-bond acceptors (Lipinski definition) is 3. The summed E-state index contributed by atoms with van der Waals surface area (Å²) in [5, 5.41) is 3.47. The van der Waals surface area contributed by atoms with Crippen molar-refractivity contribution in [2.45, 2.75) is 44.8 Å². The van der Waals surface area contributed by atoms with Gasteiger partial charge in [-0.2, -0.15) is 0 Å². The summed E-state index contributed by atoms with van der Waals surface area (Å²) in [6.07, 6.45) is 5.80. The van der Waals surface area contributed by atoms with Gasteiger partial charge in [0.05, 0.1) is 6.10 Å². The third-order valence-corrected chi connectivity index (χ3v) is 4.19. The van der Waals surface area contributed by atoms with Gasteiger partial charge in [0.25, 0.3) is 0 Å². The van der Waals surface area contributed by atoms with Crippen LogP contribution in [0.25, 0.3) is 0 Å². The van der Waals surface area contributed by atoms with Crippen LogP contribution >= 0.6 is 0 Å². The Labute approximate surface area is 99.5 Å². The number of likely N-dealkylation sites (tertiary alicyclic amines) is 1. The fourth-order valence-corrected chi connectivity index (χ4v) is 3.28. The molecular formula is C13H26N2O. The Morgan fingerprint density at radius 1 is 1.31 bits per heavy atom. The number of hydrogen-bond donors (Lipinski definition) is 1. The van der Waals surface area contributed by atoms with Crippen molar-refractivity contribution in [3.05, 3.63) is 0 Å². The lowest BCUT2D eigenvalue weighted by Gasteiger charge is -2.28. The van der Waals surface area contributed by atoms with E-state index in [1.54, 1.807) is 0 Å². The van der Waals surface area contributed by atoms with E-state index < -0.39 is 0 Å². The molecule has 0 spiro atoms. The monoisotopic (exact) mass is 226 g/mol. The van der Waals surface area contributed by atoms with Crippen molar-refractivity contribution in [3.63, 3.8) is 0 Å². The van der Waals surface area contributed by atoms with Crippen LogP contribution in [0.3, 0.4) is 0 Å². The molecule has 3 unspecified atom stereocenters. The highest BCUT2D eigenvalue weighted by Gasteiger charge is 2.35. The van der Waals surface area contributed by atoms with Crippen LogP contribution < -0.4 is 5.32 Å². The Morgan fingerprint density at radius 2 is 2.19 bits per heavy atom. The van der Waals surface area contributed by atoms with E-state index >= 15 is 0 Å². The van der Waals surface area contributed by atoms with Crippen molar-refractivity contribution in [1.82, 2.24) is 10.2 Å². The predicted molar refractivity (Wildman–Crippen MR) is 66.7 cm³/mol. The molecule has 94 valence electrons. The molecule has 0 bridgehead atoms. The Balaban J connectivity index is 1.79. The van der Waals surface area contributed by atoms with E-state index in [4.69, 9.17) is 4.74 Å². The molecular weight excluding hydrogens is 200 g/mol. The first-order valence-corrected chi connectivity index (χ1v) is 6.82. The molecule has 1 N–H and O–H groups in total. The first-order chi connectivity index (χ1) is 7.85. The van der Waals surface area contributed by atoms with Gasteiger partial charge in [0, 0.05) is 19.7 Å². The number of rotatable bonds is 5. The lowest BCUT2D eigenvalue weighted by molar-refractivity contribution is 0.0409. The Bertz CT molecular complexity index is 210. The lowest BCUT2D eigenvalue weighted by atomic mass is 10.1. The Morgan fingerprint density at radius 3 is 2.94 bits per heavy atom. The van der Waals surface area contributed by atoms with Gasteiger partial charge in [-0.3, -0.25) is 4.90 Å². The second kappa shape index (κ2) is 5.99. The lowest BCUT2D eigenvalue weighted by Crippen LogP contribution is -2.40. The normalized spacial score (nSPS) is 36.0. The zero-order valence-electron chi connectivity index (χ0n) is 10.7. The van der Waals surface area contributed by atoms with Crippen LogP contribution in [0.2, 0.25) is 0 Å². The topological polar surface area (TPSA) is 24.5 Å². The van der Waals surface area contributed by atoms with Gasteiger partial charge in [-0.25, -0.2) is 0 Å². The smallest absolute Gasteiger partial charge is 0.0726 e. The largest absolute Gasteiger partial charge is 0.380 e. The molecule has 0 amide bonds. The highest BCUT2D eigenvalue weighted by Crippen LogP contribution is 2.30. The second-order valence-corrected chi connectivity index (χ2v) is 5.23. The highest BCUT2D eigenvalue weighted by atomic mass is 16.5. The van der Waals surface area contributed by atoms with E-state index in [0.717, 1.165) is 12.5 Å². The Hall–Kier alpha value is -0.120. The standard InChI is InChI=1S/C13H26N2O/c1-3-14-9-11-7-8-15(10-11)12-5-4-6-13(12)16-2/h11-14H,3-10H2,1-2H3. The maximum Gasteiger partial charge on any atom is 0.0726 e. The van der Waals surface area contributed by atoms with Gasteiger partial charge in [0.1, 0.15) is 0 Å². The van der Waals surface area contributed by atoms with Crippen LogP contribution in [0, 0.1) is 5.92 Å². The average Bonchev–Trinajstić information content (AvgIpc) is 2.94. The summed E-state index contributed by atoms with van der Waals surface area (Å²) in [6.45, 7) is 7.03. The van der Waals surface area contributed by atoms with Gasteiger partial charge in [0.15, 0.2) is 0 Å². The summed E-state index contributed by atoms with van der Waals surface area (Å²) in [4.78, 5) is 2.67. The zero-order chi connectivity index (χ0) is 11.4. The maximum atomic E-state index is 5.60. The molecule has 1 saturated carbocycles.